The molecule has 0 amide bonds. The van der Waals surface area contributed by atoms with Crippen LogP contribution in [0.4, 0.5) is 0 Å². The number of aromatic nitrogens is 3. The Labute approximate surface area is 96.8 Å². The number of carbonyl (C=O) groups excluding carboxylic acids is 1. The lowest BCUT2D eigenvalue weighted by Crippen LogP contribution is -2.31. The Kier molecular flexibility index (Phi) is 3.07. The van der Waals surface area contributed by atoms with Gasteiger partial charge in [0, 0.05) is 17.9 Å². The fourth-order valence-corrected chi connectivity index (χ4v) is 1.38. The first-order chi connectivity index (χ1) is 8.13. The van der Waals surface area contributed by atoms with Crippen LogP contribution in [0.15, 0.2) is 18.6 Å². The molecule has 0 atom stereocenters. The van der Waals surface area contributed by atoms with Gasteiger partial charge >= 0.3 is 13.1 Å². The van der Waals surface area contributed by atoms with Crippen molar-refractivity contribution in [2.24, 2.45) is 0 Å². The van der Waals surface area contributed by atoms with Crippen LogP contribution < -0.4 is 5.46 Å². The highest BCUT2D eigenvalue weighted by atomic mass is 16.5. The molecular weight excluding hydrogens is 225 g/mol. The summed E-state index contributed by atoms with van der Waals surface area (Å²) in [7, 11) is -1.62. The van der Waals surface area contributed by atoms with Crippen LogP contribution in [0, 0.1) is 0 Å². The van der Waals surface area contributed by atoms with E-state index < -0.39 is 13.1 Å². The number of fused-ring (bicyclic) bond motifs is 1. The number of carbonyl (C=O) groups is 1. The van der Waals surface area contributed by atoms with Gasteiger partial charge in [0.2, 0.25) is 0 Å². The molecule has 0 aliphatic heterocycles. The number of ether oxygens (including phenoxy) is 1. The van der Waals surface area contributed by atoms with E-state index >= 15 is 0 Å². The Hall–Kier alpha value is -1.93. The molecule has 0 fully saturated rings. The Balaban J connectivity index is 2.45. The van der Waals surface area contributed by atoms with Gasteiger partial charge in [-0.2, -0.15) is 5.10 Å². The molecule has 0 unspecified atom stereocenters. The van der Waals surface area contributed by atoms with Gasteiger partial charge in [-0.3, -0.25) is 0 Å². The maximum absolute atomic E-state index is 11.5. The van der Waals surface area contributed by atoms with Gasteiger partial charge in [-0.25, -0.2) is 14.3 Å². The normalized spacial score (nSPS) is 10.5. The van der Waals surface area contributed by atoms with Gasteiger partial charge in [0.05, 0.1) is 12.8 Å². The minimum atomic E-state index is -1.62. The average Bonchev–Trinajstić information content (AvgIpc) is 2.71. The quantitative estimate of drug-likeness (QED) is 0.500. The molecule has 0 aromatic carbocycles. The van der Waals surface area contributed by atoms with E-state index in [9.17, 15) is 4.79 Å². The SMILES string of the molecule is CCOC(=O)c1cnn2cc(B(O)O)cnc12. The van der Waals surface area contributed by atoms with Gasteiger partial charge in [-0.15, -0.1) is 0 Å². The van der Waals surface area contributed by atoms with E-state index in [0.717, 1.165) is 0 Å². The third-order valence-electron chi connectivity index (χ3n) is 2.17. The summed E-state index contributed by atoms with van der Waals surface area (Å²) < 4.78 is 6.13. The second-order valence-corrected chi connectivity index (χ2v) is 3.31. The lowest BCUT2D eigenvalue weighted by Gasteiger charge is -2.01. The highest BCUT2D eigenvalue weighted by Gasteiger charge is 2.17. The molecule has 0 spiro atoms. The van der Waals surface area contributed by atoms with Crippen LogP contribution >= 0.6 is 0 Å². The van der Waals surface area contributed by atoms with E-state index in [2.05, 4.69) is 10.1 Å². The minimum absolute atomic E-state index is 0.191. The zero-order valence-electron chi connectivity index (χ0n) is 9.07. The third-order valence-corrected chi connectivity index (χ3v) is 2.17. The summed E-state index contributed by atoms with van der Waals surface area (Å²) in [6, 6.07) is 0. The zero-order chi connectivity index (χ0) is 12.4. The van der Waals surface area contributed by atoms with Crippen molar-refractivity contribution in [3.05, 3.63) is 24.2 Å². The molecule has 2 aromatic heterocycles. The summed E-state index contributed by atoms with van der Waals surface area (Å²) in [6.45, 7) is 1.97. The largest absolute Gasteiger partial charge is 0.491 e. The number of nitrogens with zero attached hydrogens (tertiary/aromatic N) is 3. The second kappa shape index (κ2) is 4.52. The Morgan fingerprint density at radius 1 is 1.53 bits per heavy atom. The molecule has 2 aromatic rings. The summed E-state index contributed by atoms with van der Waals surface area (Å²) >= 11 is 0. The topological polar surface area (TPSA) is 97.0 Å². The van der Waals surface area contributed by atoms with Crippen molar-refractivity contribution in [3.63, 3.8) is 0 Å². The molecule has 7 nitrogen and oxygen atoms in total. The smallest absolute Gasteiger partial charge is 0.462 e. The van der Waals surface area contributed by atoms with Crippen LogP contribution in [-0.4, -0.2) is 44.3 Å². The van der Waals surface area contributed by atoms with Gasteiger partial charge in [0.15, 0.2) is 5.65 Å². The fraction of sp³-hybridized carbons (Fsp3) is 0.222. The molecule has 0 bridgehead atoms. The van der Waals surface area contributed by atoms with Gasteiger partial charge in [0.1, 0.15) is 5.56 Å². The van der Waals surface area contributed by atoms with Gasteiger partial charge in [0.25, 0.3) is 0 Å². The summed E-state index contributed by atoms with van der Waals surface area (Å²) in [5, 5.41) is 21.8. The highest BCUT2D eigenvalue weighted by Crippen LogP contribution is 2.07. The summed E-state index contributed by atoms with van der Waals surface area (Å²) in [5.74, 6) is -0.507. The molecule has 0 saturated heterocycles. The fourth-order valence-electron chi connectivity index (χ4n) is 1.38. The van der Waals surface area contributed by atoms with Gasteiger partial charge in [-0.05, 0) is 6.92 Å². The molecule has 2 N–H and O–H groups in total. The first-order valence-corrected chi connectivity index (χ1v) is 5.00. The van der Waals surface area contributed by atoms with E-state index in [4.69, 9.17) is 14.8 Å². The first kappa shape index (κ1) is 11.6. The lowest BCUT2D eigenvalue weighted by atomic mass is 9.83. The van der Waals surface area contributed by atoms with Crippen molar-refractivity contribution < 1.29 is 19.6 Å². The van der Waals surface area contributed by atoms with E-state index in [1.165, 1.54) is 23.1 Å². The van der Waals surface area contributed by atoms with E-state index in [1.807, 2.05) is 0 Å². The molecule has 2 heterocycles. The molecule has 2 rings (SSSR count). The van der Waals surface area contributed by atoms with Crippen molar-refractivity contribution >= 4 is 24.2 Å². The van der Waals surface area contributed by atoms with Crippen LogP contribution in [0.1, 0.15) is 17.3 Å². The van der Waals surface area contributed by atoms with Gasteiger partial charge < -0.3 is 14.8 Å². The monoisotopic (exact) mass is 235 g/mol. The van der Waals surface area contributed by atoms with E-state index in [-0.39, 0.29) is 17.6 Å². The van der Waals surface area contributed by atoms with Crippen LogP contribution in [0.2, 0.25) is 0 Å². The van der Waals surface area contributed by atoms with Crippen molar-refractivity contribution in [3.8, 4) is 0 Å². The molecule has 0 radical (unpaired) electrons. The molecule has 8 heteroatoms. The Bertz CT molecular complexity index is 554. The van der Waals surface area contributed by atoms with Crippen LogP contribution in [0.25, 0.3) is 5.65 Å². The lowest BCUT2D eigenvalue weighted by molar-refractivity contribution is 0.0528. The predicted molar refractivity (Wildman–Crippen MR) is 58.8 cm³/mol. The van der Waals surface area contributed by atoms with Crippen molar-refractivity contribution in [1.82, 2.24) is 14.6 Å². The number of rotatable bonds is 3. The van der Waals surface area contributed by atoms with Crippen LogP contribution in [-0.2, 0) is 4.74 Å². The maximum Gasteiger partial charge on any atom is 0.491 e. The number of hydrogen-bond acceptors (Lipinski definition) is 6. The molecule has 88 valence electrons. The molecule has 17 heavy (non-hydrogen) atoms. The number of esters is 1. The van der Waals surface area contributed by atoms with Crippen molar-refractivity contribution in [2.75, 3.05) is 6.61 Å². The molecular formula is C9H10BN3O4. The van der Waals surface area contributed by atoms with Crippen molar-refractivity contribution in [2.45, 2.75) is 6.92 Å². The average molecular weight is 235 g/mol. The number of hydrogen-bond donors (Lipinski definition) is 2. The summed E-state index contributed by atoms with van der Waals surface area (Å²) in [6.07, 6.45) is 3.98. The molecule has 0 aliphatic rings. The van der Waals surface area contributed by atoms with Crippen LogP contribution in [0.3, 0.4) is 0 Å². The van der Waals surface area contributed by atoms with Gasteiger partial charge in [-0.1, -0.05) is 0 Å². The maximum atomic E-state index is 11.5. The Morgan fingerprint density at radius 2 is 2.29 bits per heavy atom. The van der Waals surface area contributed by atoms with E-state index in [0.29, 0.717) is 5.65 Å². The summed E-state index contributed by atoms with van der Waals surface area (Å²) in [5.41, 5.74) is 0.745. The predicted octanol–water partition coefficient (Wildman–Crippen LogP) is -1.41. The third kappa shape index (κ3) is 2.13. The van der Waals surface area contributed by atoms with E-state index in [1.54, 1.807) is 6.92 Å². The molecule has 0 aliphatic carbocycles. The van der Waals surface area contributed by atoms with Crippen molar-refractivity contribution in [1.29, 1.82) is 0 Å². The Morgan fingerprint density at radius 3 is 2.94 bits per heavy atom. The minimum Gasteiger partial charge on any atom is -0.462 e. The van der Waals surface area contributed by atoms with Crippen LogP contribution in [0.5, 0.6) is 0 Å². The highest BCUT2D eigenvalue weighted by molar-refractivity contribution is 6.58. The first-order valence-electron chi connectivity index (χ1n) is 5.00. The zero-order valence-corrected chi connectivity index (χ0v) is 9.07. The summed E-state index contributed by atoms with van der Waals surface area (Å²) in [4.78, 5) is 15.5. The molecule has 0 saturated carbocycles. The standard InChI is InChI=1S/C9H10BN3O4/c1-2-17-9(14)7-4-12-13-5-6(10(15)16)3-11-8(7)13/h3-5,15-16H,2H2,1H3. The second-order valence-electron chi connectivity index (χ2n) is 3.31.